The third-order valence-electron chi connectivity index (χ3n) is 8.34. The summed E-state index contributed by atoms with van der Waals surface area (Å²) in [4.78, 5) is 26.9. The number of hydrogen-bond donors (Lipinski definition) is 1. The first kappa shape index (κ1) is 30.7. The Balaban J connectivity index is 1.24. The summed E-state index contributed by atoms with van der Waals surface area (Å²) in [6.45, 7) is 8.36. The Labute approximate surface area is 260 Å². The van der Waals surface area contributed by atoms with Crippen LogP contribution in [0, 0.1) is 5.92 Å². The van der Waals surface area contributed by atoms with E-state index in [1.165, 1.54) is 6.07 Å². The number of anilines is 1. The number of alkyl halides is 3. The van der Waals surface area contributed by atoms with Crippen molar-refractivity contribution in [1.82, 2.24) is 24.2 Å². The number of ketones is 1. The highest BCUT2D eigenvalue weighted by Gasteiger charge is 2.34. The number of hydrogen-bond acceptors (Lipinski definition) is 6. The molecule has 0 radical (unpaired) electrons. The maximum Gasteiger partial charge on any atom is 0.416 e. The molecule has 1 aliphatic heterocycles. The van der Waals surface area contributed by atoms with Gasteiger partial charge in [-0.2, -0.15) is 13.2 Å². The second-order valence-corrected chi connectivity index (χ2v) is 12.3. The van der Waals surface area contributed by atoms with Gasteiger partial charge in [0.25, 0.3) is 0 Å². The number of piperazine rings is 1. The highest BCUT2D eigenvalue weighted by atomic mass is 19.4. The van der Waals surface area contributed by atoms with Crippen LogP contribution in [0.4, 0.5) is 19.0 Å². The van der Waals surface area contributed by atoms with E-state index < -0.39 is 11.7 Å². The van der Waals surface area contributed by atoms with Gasteiger partial charge >= 0.3 is 6.18 Å². The Kier molecular flexibility index (Phi) is 8.61. The highest BCUT2D eigenvalue weighted by molar-refractivity contribution is 5.98. The molecule has 0 saturated carbocycles. The molecule has 1 N–H and O–H groups in total. The van der Waals surface area contributed by atoms with Crippen LogP contribution >= 0.6 is 0 Å². The van der Waals surface area contributed by atoms with Crippen LogP contribution in [0.5, 0.6) is 0 Å². The quantitative estimate of drug-likeness (QED) is 0.184. The first-order chi connectivity index (χ1) is 21.6. The lowest BCUT2D eigenvalue weighted by Crippen LogP contribution is -2.44. The molecule has 2 aromatic heterocycles. The number of benzene rings is 3. The summed E-state index contributed by atoms with van der Waals surface area (Å²) in [6.07, 6.45) is -2.82. The van der Waals surface area contributed by atoms with Gasteiger partial charge in [-0.3, -0.25) is 14.1 Å². The number of Topliss-reactive ketones (excluding diaryl/α,β-unsaturated/α-hetero) is 1. The van der Waals surface area contributed by atoms with Crippen molar-refractivity contribution in [1.29, 1.82) is 0 Å². The third kappa shape index (κ3) is 6.72. The molecule has 1 aliphatic rings. The second kappa shape index (κ2) is 12.6. The first-order valence-electron chi connectivity index (χ1n) is 15.3. The zero-order valence-electron chi connectivity index (χ0n) is 25.7. The van der Waals surface area contributed by atoms with Crippen molar-refractivity contribution in [2.24, 2.45) is 5.92 Å². The predicted molar refractivity (Wildman–Crippen MR) is 172 cm³/mol. The van der Waals surface area contributed by atoms with Crippen LogP contribution in [0.15, 0.2) is 72.9 Å². The molecule has 1 fully saturated rings. The lowest BCUT2D eigenvalue weighted by Gasteiger charge is -2.33. The Morgan fingerprint density at radius 2 is 1.71 bits per heavy atom. The molecule has 3 aromatic carbocycles. The molecule has 0 bridgehead atoms. The second-order valence-electron chi connectivity index (χ2n) is 12.3. The first-order valence-corrected chi connectivity index (χ1v) is 15.3. The third-order valence-corrected chi connectivity index (χ3v) is 8.34. The van der Waals surface area contributed by atoms with Gasteiger partial charge in [-0.15, -0.1) is 0 Å². The van der Waals surface area contributed by atoms with E-state index in [9.17, 15) is 18.0 Å². The van der Waals surface area contributed by atoms with Crippen molar-refractivity contribution >= 4 is 28.3 Å². The molecule has 0 amide bonds. The van der Waals surface area contributed by atoms with Crippen LogP contribution in [-0.4, -0.2) is 69.7 Å². The van der Waals surface area contributed by atoms with E-state index in [-0.39, 0.29) is 24.3 Å². The van der Waals surface area contributed by atoms with Gasteiger partial charge in [0, 0.05) is 56.8 Å². The fourth-order valence-electron chi connectivity index (χ4n) is 5.80. The number of imidazole rings is 1. The monoisotopic (exact) mass is 614 g/mol. The topological polar surface area (TPSA) is 65.8 Å². The van der Waals surface area contributed by atoms with Crippen molar-refractivity contribution < 1.29 is 18.0 Å². The van der Waals surface area contributed by atoms with E-state index in [0.29, 0.717) is 28.5 Å². The molecule has 1 saturated heterocycles. The SMILES string of the molecule is CC(C)CNc1nc2ccccc2n2c(-c3ccc(C(=O)Cc4ccc(CN5CCN(C)CC5)c(C(F)(F)F)c4)cc3)cnc12. The molecule has 234 valence electrons. The summed E-state index contributed by atoms with van der Waals surface area (Å²) in [7, 11) is 2.01. The van der Waals surface area contributed by atoms with E-state index in [1.807, 2.05) is 48.3 Å². The van der Waals surface area contributed by atoms with Gasteiger partial charge in [-0.25, -0.2) is 9.97 Å². The number of nitrogens with zero attached hydrogens (tertiary/aromatic N) is 5. The molecule has 0 atom stereocenters. The lowest BCUT2D eigenvalue weighted by molar-refractivity contribution is -0.138. The average Bonchev–Trinajstić information content (AvgIpc) is 3.47. The number of aromatic nitrogens is 3. The molecule has 6 rings (SSSR count). The molecule has 10 heteroatoms. The Morgan fingerprint density at radius 1 is 0.978 bits per heavy atom. The van der Waals surface area contributed by atoms with E-state index in [4.69, 9.17) is 4.98 Å². The summed E-state index contributed by atoms with van der Waals surface area (Å²) in [5.74, 6) is 0.889. The molecule has 45 heavy (non-hydrogen) atoms. The van der Waals surface area contributed by atoms with Crippen molar-refractivity contribution in [3.8, 4) is 11.3 Å². The van der Waals surface area contributed by atoms with Gasteiger partial charge < -0.3 is 10.2 Å². The van der Waals surface area contributed by atoms with Crippen LogP contribution in [-0.2, 0) is 19.1 Å². The Hall–Kier alpha value is -4.28. The molecular weight excluding hydrogens is 577 g/mol. The van der Waals surface area contributed by atoms with Gasteiger partial charge in [-0.1, -0.05) is 62.4 Å². The van der Waals surface area contributed by atoms with Crippen molar-refractivity contribution in [3.63, 3.8) is 0 Å². The minimum absolute atomic E-state index is 0.117. The summed E-state index contributed by atoms with van der Waals surface area (Å²) in [6, 6.07) is 19.3. The standard InChI is InChI=1S/C35H37F3N6O/c1-23(2)20-39-33-34-40-21-31(44(34)30-7-5-4-6-29(30)41-33)25-10-12-26(13-11-25)32(45)19-24-8-9-27(28(18-24)35(36,37)38)22-43-16-14-42(3)15-17-43/h4-13,18,21,23H,14-17,19-20,22H2,1-3H3,(H,39,41). The summed E-state index contributed by atoms with van der Waals surface area (Å²) < 4.78 is 44.3. The van der Waals surface area contributed by atoms with Crippen LogP contribution in [0.2, 0.25) is 0 Å². The zero-order valence-corrected chi connectivity index (χ0v) is 25.7. The van der Waals surface area contributed by atoms with E-state index in [0.717, 1.165) is 61.1 Å². The van der Waals surface area contributed by atoms with E-state index >= 15 is 0 Å². The van der Waals surface area contributed by atoms with E-state index in [1.54, 1.807) is 24.4 Å². The Morgan fingerprint density at radius 3 is 2.42 bits per heavy atom. The van der Waals surface area contributed by atoms with Crippen LogP contribution in [0.25, 0.3) is 27.9 Å². The number of fused-ring (bicyclic) bond motifs is 3. The summed E-state index contributed by atoms with van der Waals surface area (Å²) >= 11 is 0. The average molecular weight is 615 g/mol. The van der Waals surface area contributed by atoms with Gasteiger partial charge in [0.1, 0.15) is 0 Å². The van der Waals surface area contributed by atoms with Crippen molar-refractivity contribution in [2.75, 3.05) is 45.1 Å². The number of nitrogens with one attached hydrogen (secondary N) is 1. The molecule has 0 unspecified atom stereocenters. The summed E-state index contributed by atoms with van der Waals surface area (Å²) in [5, 5.41) is 3.42. The lowest BCUT2D eigenvalue weighted by atomic mass is 9.97. The minimum atomic E-state index is -4.50. The van der Waals surface area contributed by atoms with Crippen molar-refractivity contribution in [2.45, 2.75) is 33.0 Å². The van der Waals surface area contributed by atoms with Gasteiger partial charge in [0.15, 0.2) is 17.2 Å². The number of likely N-dealkylation sites (N-methyl/N-ethyl adjacent to an activating group) is 1. The molecular formula is C35H37F3N6O. The normalized spacial score (nSPS) is 14.9. The fraction of sp³-hybridized carbons (Fsp3) is 0.343. The number of carbonyl (C=O) groups is 1. The number of para-hydroxylation sites is 2. The number of rotatable bonds is 9. The maximum absolute atomic E-state index is 14.1. The zero-order chi connectivity index (χ0) is 31.7. The number of carbonyl (C=O) groups excluding carboxylic acids is 1. The van der Waals surface area contributed by atoms with Gasteiger partial charge in [0.2, 0.25) is 0 Å². The van der Waals surface area contributed by atoms with Crippen LogP contribution < -0.4 is 5.32 Å². The highest BCUT2D eigenvalue weighted by Crippen LogP contribution is 2.34. The summed E-state index contributed by atoms with van der Waals surface area (Å²) in [5.41, 5.74) is 4.51. The number of halogens is 3. The predicted octanol–water partition coefficient (Wildman–Crippen LogP) is 6.81. The van der Waals surface area contributed by atoms with Crippen molar-refractivity contribution in [3.05, 3.63) is 95.2 Å². The molecule has 5 aromatic rings. The van der Waals surface area contributed by atoms with Gasteiger partial charge in [-0.05, 0) is 42.3 Å². The molecule has 3 heterocycles. The Bertz CT molecular complexity index is 1820. The maximum atomic E-state index is 14.1. The van der Waals surface area contributed by atoms with Crippen LogP contribution in [0.1, 0.15) is 40.9 Å². The van der Waals surface area contributed by atoms with Crippen LogP contribution in [0.3, 0.4) is 0 Å². The van der Waals surface area contributed by atoms with Gasteiger partial charge in [0.05, 0.1) is 28.5 Å². The molecule has 0 spiro atoms. The largest absolute Gasteiger partial charge is 0.416 e. The minimum Gasteiger partial charge on any atom is -0.367 e. The molecule has 0 aliphatic carbocycles. The fourth-order valence-corrected chi connectivity index (χ4v) is 5.80. The van der Waals surface area contributed by atoms with E-state index in [2.05, 4.69) is 33.4 Å². The smallest absolute Gasteiger partial charge is 0.367 e. The molecule has 7 nitrogen and oxygen atoms in total.